The molecule has 0 saturated carbocycles. The maximum Gasteiger partial charge on any atom is 0.345 e. The molecule has 1 aromatic rings. The van der Waals surface area contributed by atoms with Gasteiger partial charge in [0.25, 0.3) is 11.6 Å². The Morgan fingerprint density at radius 2 is 2.00 bits per heavy atom. The molecule has 8 heteroatoms. The molecular formula is C14H15ClN2O5. The fourth-order valence-electron chi connectivity index (χ4n) is 2.30. The number of rotatable bonds is 4. The van der Waals surface area contributed by atoms with Crippen LogP contribution in [-0.4, -0.2) is 40.9 Å². The molecule has 0 radical (unpaired) electrons. The fourth-order valence-corrected chi connectivity index (χ4v) is 2.47. The first-order valence-electron chi connectivity index (χ1n) is 6.84. The molecule has 0 aromatic heterocycles. The zero-order chi connectivity index (χ0) is 16.3. The maximum absolute atomic E-state index is 12.1. The second kappa shape index (κ2) is 6.74. The van der Waals surface area contributed by atoms with Crippen molar-refractivity contribution in [2.24, 2.45) is 0 Å². The van der Waals surface area contributed by atoms with Crippen LogP contribution in [0.3, 0.4) is 0 Å². The highest BCUT2D eigenvalue weighted by Gasteiger charge is 2.29. The molecule has 0 N–H and O–H groups in total. The Kier molecular flexibility index (Phi) is 4.97. The van der Waals surface area contributed by atoms with E-state index in [-0.39, 0.29) is 16.5 Å². The number of nitro benzene ring substituents is 1. The molecule has 1 aromatic carbocycles. The quantitative estimate of drug-likeness (QED) is 0.481. The number of hydrogen-bond donors (Lipinski definition) is 0. The second-order valence-electron chi connectivity index (χ2n) is 5.00. The molecule has 0 spiro atoms. The summed E-state index contributed by atoms with van der Waals surface area (Å²) in [5.74, 6) is -1.23. The van der Waals surface area contributed by atoms with Gasteiger partial charge in [-0.1, -0.05) is 11.6 Å². The molecule has 1 aliphatic rings. The molecule has 22 heavy (non-hydrogen) atoms. The number of esters is 1. The summed E-state index contributed by atoms with van der Waals surface area (Å²) in [6.45, 7) is 2.73. The number of carbonyl (C=O) groups is 2. The summed E-state index contributed by atoms with van der Waals surface area (Å²) in [6.07, 6.45) is 0.849. The van der Waals surface area contributed by atoms with Gasteiger partial charge in [0.15, 0.2) is 6.10 Å². The number of amides is 1. The smallest absolute Gasteiger partial charge is 0.345 e. The minimum Gasteiger partial charge on any atom is -0.449 e. The molecule has 0 aliphatic carbocycles. The van der Waals surface area contributed by atoms with E-state index in [9.17, 15) is 19.7 Å². The van der Waals surface area contributed by atoms with Crippen LogP contribution in [0.25, 0.3) is 0 Å². The van der Waals surface area contributed by atoms with Gasteiger partial charge in [0.1, 0.15) is 5.56 Å². The average Bonchev–Trinajstić information content (AvgIpc) is 2.99. The zero-order valence-corrected chi connectivity index (χ0v) is 12.7. The van der Waals surface area contributed by atoms with Crippen molar-refractivity contribution < 1.29 is 19.2 Å². The monoisotopic (exact) mass is 326 g/mol. The molecule has 1 heterocycles. The van der Waals surface area contributed by atoms with Crippen LogP contribution in [0.15, 0.2) is 18.2 Å². The van der Waals surface area contributed by atoms with Gasteiger partial charge in [0.05, 0.1) is 4.92 Å². The first-order valence-corrected chi connectivity index (χ1v) is 7.21. The van der Waals surface area contributed by atoms with E-state index in [0.29, 0.717) is 13.1 Å². The molecule has 7 nitrogen and oxygen atoms in total. The lowest BCUT2D eigenvalue weighted by Crippen LogP contribution is -2.38. The summed E-state index contributed by atoms with van der Waals surface area (Å²) in [5, 5.41) is 11.1. The van der Waals surface area contributed by atoms with E-state index in [2.05, 4.69) is 0 Å². The van der Waals surface area contributed by atoms with Gasteiger partial charge in [-0.05, 0) is 31.9 Å². The number of hydrogen-bond acceptors (Lipinski definition) is 5. The van der Waals surface area contributed by atoms with Gasteiger partial charge < -0.3 is 9.64 Å². The highest BCUT2D eigenvalue weighted by atomic mass is 35.5. The van der Waals surface area contributed by atoms with Gasteiger partial charge in [0, 0.05) is 24.2 Å². The minimum absolute atomic E-state index is 0.177. The van der Waals surface area contributed by atoms with Crippen LogP contribution in [0.5, 0.6) is 0 Å². The number of nitro groups is 1. The summed E-state index contributed by atoms with van der Waals surface area (Å²) < 4.78 is 5.06. The van der Waals surface area contributed by atoms with Gasteiger partial charge in [-0.25, -0.2) is 4.79 Å². The van der Waals surface area contributed by atoms with Crippen LogP contribution < -0.4 is 0 Å². The summed E-state index contributed by atoms with van der Waals surface area (Å²) in [6, 6.07) is 3.61. The van der Waals surface area contributed by atoms with E-state index >= 15 is 0 Å². The van der Waals surface area contributed by atoms with E-state index in [0.717, 1.165) is 25.0 Å². The lowest BCUT2D eigenvalue weighted by molar-refractivity contribution is -0.385. The van der Waals surface area contributed by atoms with Gasteiger partial charge in [0.2, 0.25) is 0 Å². The predicted molar refractivity (Wildman–Crippen MR) is 78.8 cm³/mol. The van der Waals surface area contributed by atoms with Gasteiger partial charge in [-0.2, -0.15) is 0 Å². The lowest BCUT2D eigenvalue weighted by atomic mass is 10.2. The Labute approximate surface area is 131 Å². The molecule has 0 bridgehead atoms. The normalized spacial score (nSPS) is 15.5. The Hall–Kier alpha value is -2.15. The third kappa shape index (κ3) is 3.54. The first kappa shape index (κ1) is 16.2. The van der Waals surface area contributed by atoms with Crippen molar-refractivity contribution in [1.82, 2.24) is 4.90 Å². The number of benzene rings is 1. The maximum atomic E-state index is 12.1. The fraction of sp³-hybridized carbons (Fsp3) is 0.429. The highest BCUT2D eigenvalue weighted by molar-refractivity contribution is 6.31. The molecule has 118 valence electrons. The van der Waals surface area contributed by atoms with E-state index in [4.69, 9.17) is 16.3 Å². The standard InChI is InChI=1S/C14H15ClN2O5/c1-9(13(18)16-6-2-3-7-16)22-14(19)11-8-10(15)4-5-12(11)17(20)21/h4-5,8-9H,2-3,6-7H2,1H3/t9-/m1/s1. The molecule has 1 atom stereocenters. The molecule has 1 fully saturated rings. The first-order chi connectivity index (χ1) is 10.4. The molecule has 1 saturated heterocycles. The van der Waals surface area contributed by atoms with E-state index < -0.39 is 22.7 Å². The van der Waals surface area contributed by atoms with Gasteiger partial charge in [-0.3, -0.25) is 14.9 Å². The van der Waals surface area contributed by atoms with Crippen LogP contribution in [0.4, 0.5) is 5.69 Å². The average molecular weight is 327 g/mol. The Morgan fingerprint density at radius 1 is 1.36 bits per heavy atom. The number of likely N-dealkylation sites (tertiary alicyclic amines) is 1. The van der Waals surface area contributed by atoms with Gasteiger partial charge in [-0.15, -0.1) is 0 Å². The molecule has 1 aliphatic heterocycles. The minimum atomic E-state index is -0.996. The van der Waals surface area contributed by atoms with Crippen LogP contribution in [-0.2, 0) is 9.53 Å². The van der Waals surface area contributed by atoms with Crippen molar-refractivity contribution >= 4 is 29.2 Å². The molecular weight excluding hydrogens is 312 g/mol. The Balaban J connectivity index is 2.13. The summed E-state index contributed by atoms with van der Waals surface area (Å²) in [7, 11) is 0. The number of nitrogens with zero attached hydrogens (tertiary/aromatic N) is 2. The van der Waals surface area contributed by atoms with Crippen LogP contribution in [0.2, 0.25) is 5.02 Å². The summed E-state index contributed by atoms with van der Waals surface area (Å²) >= 11 is 5.76. The van der Waals surface area contributed by atoms with E-state index in [1.165, 1.54) is 13.0 Å². The summed E-state index contributed by atoms with van der Waals surface area (Å²) in [4.78, 5) is 36.0. The van der Waals surface area contributed by atoms with Crippen molar-refractivity contribution in [3.05, 3.63) is 38.9 Å². The third-order valence-electron chi connectivity index (χ3n) is 3.42. The molecule has 1 amide bonds. The van der Waals surface area contributed by atoms with Crippen LogP contribution >= 0.6 is 11.6 Å². The van der Waals surface area contributed by atoms with Crippen LogP contribution in [0, 0.1) is 10.1 Å². The number of ether oxygens (including phenoxy) is 1. The van der Waals surface area contributed by atoms with Crippen molar-refractivity contribution in [1.29, 1.82) is 0 Å². The zero-order valence-electron chi connectivity index (χ0n) is 12.0. The van der Waals surface area contributed by atoms with Crippen molar-refractivity contribution in [3.8, 4) is 0 Å². The summed E-state index contributed by atoms with van der Waals surface area (Å²) in [5.41, 5.74) is -0.672. The Bertz CT molecular complexity index is 613. The van der Waals surface area contributed by atoms with E-state index in [1.807, 2.05) is 0 Å². The lowest BCUT2D eigenvalue weighted by Gasteiger charge is -2.20. The van der Waals surface area contributed by atoms with E-state index in [1.54, 1.807) is 4.90 Å². The third-order valence-corrected chi connectivity index (χ3v) is 3.66. The number of carbonyl (C=O) groups excluding carboxylic acids is 2. The largest absolute Gasteiger partial charge is 0.449 e. The highest BCUT2D eigenvalue weighted by Crippen LogP contribution is 2.24. The molecule has 2 rings (SSSR count). The van der Waals surface area contributed by atoms with Gasteiger partial charge >= 0.3 is 5.97 Å². The van der Waals surface area contributed by atoms with Crippen molar-refractivity contribution in [3.63, 3.8) is 0 Å². The second-order valence-corrected chi connectivity index (χ2v) is 5.43. The SMILES string of the molecule is C[C@@H](OC(=O)c1cc(Cl)ccc1[N+](=O)[O-])C(=O)N1CCCC1. The van der Waals surface area contributed by atoms with Crippen molar-refractivity contribution in [2.45, 2.75) is 25.9 Å². The van der Waals surface area contributed by atoms with Crippen molar-refractivity contribution in [2.75, 3.05) is 13.1 Å². The number of halogens is 1. The predicted octanol–water partition coefficient (Wildman–Crippen LogP) is 2.42. The molecule has 0 unspecified atom stereocenters. The topological polar surface area (TPSA) is 89.7 Å². The Morgan fingerprint density at radius 3 is 2.59 bits per heavy atom. The van der Waals surface area contributed by atoms with Crippen LogP contribution in [0.1, 0.15) is 30.1 Å².